The summed E-state index contributed by atoms with van der Waals surface area (Å²) in [6.07, 6.45) is 2.81. The van der Waals surface area contributed by atoms with Gasteiger partial charge in [0.2, 0.25) is 0 Å². The molecule has 2 N–H and O–H groups in total. The molecule has 0 aliphatic rings. The van der Waals surface area contributed by atoms with Crippen LogP contribution < -0.4 is 5.73 Å². The van der Waals surface area contributed by atoms with Crippen LogP contribution in [0.3, 0.4) is 0 Å². The predicted octanol–water partition coefficient (Wildman–Crippen LogP) is 2.40. The highest BCUT2D eigenvalue weighted by molar-refractivity contribution is 9.10. The quantitative estimate of drug-likeness (QED) is 0.908. The molecule has 1 aromatic rings. The molecule has 0 spiro atoms. The van der Waals surface area contributed by atoms with E-state index in [1.54, 1.807) is 0 Å². The number of rotatable bonds is 5. The topological polar surface area (TPSA) is 47.1 Å². The molecule has 98 valence electrons. The fraction of sp³-hybridized carbons (Fsp3) is 0.750. The molecule has 0 aliphatic carbocycles. The molecule has 2 atom stereocenters. The molecule has 0 fully saturated rings. The second-order valence-electron chi connectivity index (χ2n) is 4.78. The Balaban J connectivity index is 3.18. The normalized spacial score (nSPS) is 17.2. The molecule has 0 aliphatic heterocycles. The van der Waals surface area contributed by atoms with Gasteiger partial charge in [0.1, 0.15) is 0 Å². The van der Waals surface area contributed by atoms with E-state index in [0.29, 0.717) is 0 Å². The third-order valence-corrected chi connectivity index (χ3v) is 4.45. The van der Waals surface area contributed by atoms with E-state index in [4.69, 9.17) is 5.73 Å². The lowest BCUT2D eigenvalue weighted by molar-refractivity contribution is 0.127. The van der Waals surface area contributed by atoms with Crippen molar-refractivity contribution in [3.8, 4) is 0 Å². The van der Waals surface area contributed by atoms with Crippen LogP contribution in [0.5, 0.6) is 0 Å². The number of likely N-dealkylation sites (N-methyl/N-ethyl adjacent to an activating group) is 1. The summed E-state index contributed by atoms with van der Waals surface area (Å²) in [7, 11) is 4.15. The zero-order valence-corrected chi connectivity index (χ0v) is 13.0. The third kappa shape index (κ3) is 2.56. The maximum atomic E-state index is 6.47. The second kappa shape index (κ2) is 5.50. The molecule has 2 unspecified atom stereocenters. The number of nitrogens with zero attached hydrogens (tertiary/aromatic N) is 3. The van der Waals surface area contributed by atoms with E-state index in [1.807, 2.05) is 10.9 Å². The van der Waals surface area contributed by atoms with E-state index >= 15 is 0 Å². The number of nitrogens with two attached hydrogens (primary N) is 1. The van der Waals surface area contributed by atoms with Gasteiger partial charge < -0.3 is 10.6 Å². The number of aromatic nitrogens is 2. The van der Waals surface area contributed by atoms with Crippen molar-refractivity contribution in [3.05, 3.63) is 16.4 Å². The molecule has 1 heterocycles. The Morgan fingerprint density at radius 2 is 2.12 bits per heavy atom. The van der Waals surface area contributed by atoms with Crippen LogP contribution in [-0.4, -0.2) is 34.3 Å². The first kappa shape index (κ1) is 14.7. The molecule has 0 saturated heterocycles. The van der Waals surface area contributed by atoms with Crippen molar-refractivity contribution in [2.45, 2.75) is 45.3 Å². The lowest BCUT2D eigenvalue weighted by Crippen LogP contribution is -2.50. The summed E-state index contributed by atoms with van der Waals surface area (Å²) >= 11 is 3.55. The van der Waals surface area contributed by atoms with Gasteiger partial charge in [0.25, 0.3) is 0 Å². The molecule has 0 aromatic carbocycles. The van der Waals surface area contributed by atoms with Crippen LogP contribution in [0.2, 0.25) is 0 Å². The van der Waals surface area contributed by atoms with E-state index in [9.17, 15) is 0 Å². The second-order valence-corrected chi connectivity index (χ2v) is 5.63. The summed E-state index contributed by atoms with van der Waals surface area (Å²) in [5.41, 5.74) is 7.47. The van der Waals surface area contributed by atoms with Crippen LogP contribution in [0.4, 0.5) is 0 Å². The van der Waals surface area contributed by atoms with Crippen molar-refractivity contribution in [1.29, 1.82) is 0 Å². The van der Waals surface area contributed by atoms with Crippen molar-refractivity contribution in [2.75, 3.05) is 14.1 Å². The first-order chi connectivity index (χ1) is 7.88. The van der Waals surface area contributed by atoms with Crippen molar-refractivity contribution in [1.82, 2.24) is 14.7 Å². The standard InChI is InChI=1S/C12H23BrN4/c1-6-12(3,16(4)5)11(14)10-9(13)8-15-17(10)7-2/h8,11H,6-7,14H2,1-5H3. The molecular weight excluding hydrogens is 280 g/mol. The van der Waals surface area contributed by atoms with Crippen LogP contribution in [-0.2, 0) is 6.54 Å². The monoisotopic (exact) mass is 302 g/mol. The molecule has 0 radical (unpaired) electrons. The number of hydrogen-bond acceptors (Lipinski definition) is 3. The van der Waals surface area contributed by atoms with Gasteiger partial charge in [-0.3, -0.25) is 4.68 Å². The number of aryl methyl sites for hydroxylation is 1. The van der Waals surface area contributed by atoms with E-state index < -0.39 is 0 Å². The van der Waals surface area contributed by atoms with Gasteiger partial charge in [0, 0.05) is 12.1 Å². The third-order valence-electron chi connectivity index (χ3n) is 3.83. The molecular formula is C12H23BrN4. The SMILES string of the molecule is CCn1ncc(Br)c1C(N)C(C)(CC)N(C)C. The number of halogens is 1. The summed E-state index contributed by atoms with van der Waals surface area (Å²) in [6, 6.07) is -0.0701. The van der Waals surface area contributed by atoms with E-state index in [1.165, 1.54) is 0 Å². The molecule has 0 saturated carbocycles. The molecule has 5 heteroatoms. The molecule has 17 heavy (non-hydrogen) atoms. The molecule has 1 rings (SSSR count). The van der Waals surface area contributed by atoms with Crippen LogP contribution >= 0.6 is 15.9 Å². The minimum absolute atomic E-state index is 0.0701. The van der Waals surface area contributed by atoms with Gasteiger partial charge in [0.15, 0.2) is 0 Å². The highest BCUT2D eigenvalue weighted by Crippen LogP contribution is 2.34. The Labute approximate surface area is 112 Å². The van der Waals surface area contributed by atoms with Crippen LogP contribution in [0, 0.1) is 0 Å². The molecule has 0 amide bonds. The number of hydrogen-bond donors (Lipinski definition) is 1. The van der Waals surface area contributed by atoms with Gasteiger partial charge in [0.05, 0.1) is 22.4 Å². The molecule has 1 aromatic heterocycles. The van der Waals surface area contributed by atoms with Gasteiger partial charge in [-0.1, -0.05) is 6.92 Å². The highest BCUT2D eigenvalue weighted by atomic mass is 79.9. The first-order valence-electron chi connectivity index (χ1n) is 6.02. The Bertz CT molecular complexity index is 375. The summed E-state index contributed by atoms with van der Waals surface area (Å²) in [5, 5.41) is 4.33. The fourth-order valence-electron chi connectivity index (χ4n) is 2.04. The zero-order valence-electron chi connectivity index (χ0n) is 11.4. The predicted molar refractivity (Wildman–Crippen MR) is 74.9 cm³/mol. The van der Waals surface area contributed by atoms with Crippen LogP contribution in [0.25, 0.3) is 0 Å². The van der Waals surface area contributed by atoms with E-state index in [-0.39, 0.29) is 11.6 Å². The van der Waals surface area contributed by atoms with E-state index in [2.05, 4.69) is 60.8 Å². The van der Waals surface area contributed by atoms with E-state index in [0.717, 1.165) is 23.1 Å². The minimum Gasteiger partial charge on any atom is -0.321 e. The van der Waals surface area contributed by atoms with Crippen LogP contribution in [0.1, 0.15) is 38.9 Å². The largest absolute Gasteiger partial charge is 0.321 e. The average molecular weight is 303 g/mol. The summed E-state index contributed by atoms with van der Waals surface area (Å²) in [5.74, 6) is 0. The molecule has 4 nitrogen and oxygen atoms in total. The van der Waals surface area contributed by atoms with Gasteiger partial charge in [-0.15, -0.1) is 0 Å². The molecule has 0 bridgehead atoms. The Kier molecular flexibility index (Phi) is 4.75. The maximum absolute atomic E-state index is 6.47. The van der Waals surface area contributed by atoms with Gasteiger partial charge in [-0.05, 0) is 50.3 Å². The Hall–Kier alpha value is -0.390. The Morgan fingerprint density at radius 1 is 1.53 bits per heavy atom. The zero-order chi connectivity index (χ0) is 13.2. The summed E-state index contributed by atoms with van der Waals surface area (Å²) in [6.45, 7) is 7.27. The summed E-state index contributed by atoms with van der Waals surface area (Å²) in [4.78, 5) is 2.19. The van der Waals surface area contributed by atoms with Crippen LogP contribution in [0.15, 0.2) is 10.7 Å². The average Bonchev–Trinajstić information content (AvgIpc) is 2.67. The highest BCUT2D eigenvalue weighted by Gasteiger charge is 2.36. The summed E-state index contributed by atoms with van der Waals surface area (Å²) < 4.78 is 2.96. The minimum atomic E-state index is -0.0739. The van der Waals surface area contributed by atoms with Crippen molar-refractivity contribution in [2.24, 2.45) is 5.73 Å². The van der Waals surface area contributed by atoms with Gasteiger partial charge in [-0.25, -0.2) is 0 Å². The Morgan fingerprint density at radius 3 is 2.53 bits per heavy atom. The lowest BCUT2D eigenvalue weighted by Gasteiger charge is -2.41. The van der Waals surface area contributed by atoms with Gasteiger partial charge in [-0.2, -0.15) is 5.10 Å². The van der Waals surface area contributed by atoms with Gasteiger partial charge >= 0.3 is 0 Å². The maximum Gasteiger partial charge on any atom is 0.0712 e. The smallest absolute Gasteiger partial charge is 0.0712 e. The van der Waals surface area contributed by atoms with Crippen molar-refractivity contribution < 1.29 is 0 Å². The van der Waals surface area contributed by atoms with Crippen molar-refractivity contribution in [3.63, 3.8) is 0 Å². The fourth-order valence-corrected chi connectivity index (χ4v) is 2.58. The van der Waals surface area contributed by atoms with Crippen molar-refractivity contribution >= 4 is 15.9 Å². The first-order valence-corrected chi connectivity index (χ1v) is 6.82. The lowest BCUT2D eigenvalue weighted by atomic mass is 9.86.